The normalized spacial score (nSPS) is 27.3. The SMILES string of the molecule is CO[C@H]1C[C@H](P(=O)([O-])O)O[C@@H]1Cn1cnc2c(=O)[nH]c(N)nc21. The Morgan fingerprint density at radius 3 is 3.09 bits per heavy atom. The molecule has 0 radical (unpaired) electrons. The smallest absolute Gasteiger partial charge is 0.280 e. The molecule has 0 aromatic carbocycles. The summed E-state index contributed by atoms with van der Waals surface area (Å²) in [6.07, 6.45) is 0.206. The zero-order valence-electron chi connectivity index (χ0n) is 12.1. The molecule has 0 saturated carbocycles. The molecule has 0 spiro atoms. The van der Waals surface area contributed by atoms with E-state index in [1.807, 2.05) is 0 Å². The van der Waals surface area contributed by atoms with Crippen molar-refractivity contribution in [1.82, 2.24) is 19.5 Å². The standard InChI is InChI=1S/C11H16N5O6P/c1-21-5-2-7(23(18,19)20)22-6(5)3-16-4-13-8-9(16)14-11(12)15-10(8)17/h4-7H,2-3H2,1H3,(H2,18,19,20)(H3,12,14,15,17)/p-1/t5-,6+,7-/m0/s1. The molecule has 2 aromatic heterocycles. The van der Waals surface area contributed by atoms with Crippen molar-refractivity contribution in [2.45, 2.75) is 31.0 Å². The minimum absolute atomic E-state index is 0.0151. The van der Waals surface area contributed by atoms with Crippen molar-refractivity contribution < 1.29 is 23.8 Å². The van der Waals surface area contributed by atoms with Crippen LogP contribution in [0.2, 0.25) is 0 Å². The number of hydrogen-bond donors (Lipinski definition) is 3. The van der Waals surface area contributed by atoms with Gasteiger partial charge in [0, 0.05) is 13.5 Å². The number of nitrogen functional groups attached to an aromatic ring is 1. The van der Waals surface area contributed by atoms with E-state index in [-0.39, 0.29) is 30.1 Å². The van der Waals surface area contributed by atoms with E-state index in [1.165, 1.54) is 18.0 Å². The maximum atomic E-state index is 11.7. The van der Waals surface area contributed by atoms with Crippen LogP contribution >= 0.6 is 7.60 Å². The molecule has 4 atom stereocenters. The minimum Gasteiger partial charge on any atom is -0.777 e. The second kappa shape index (κ2) is 5.69. The molecule has 11 nitrogen and oxygen atoms in total. The van der Waals surface area contributed by atoms with Crippen LogP contribution in [0.1, 0.15) is 6.42 Å². The van der Waals surface area contributed by atoms with Gasteiger partial charge in [0.15, 0.2) is 18.8 Å². The lowest BCUT2D eigenvalue weighted by Crippen LogP contribution is -2.28. The molecular formula is C11H15N5O6P-. The molecule has 1 fully saturated rings. The van der Waals surface area contributed by atoms with E-state index in [0.717, 1.165) is 0 Å². The third-order valence-electron chi connectivity index (χ3n) is 3.72. The van der Waals surface area contributed by atoms with Gasteiger partial charge in [0.05, 0.1) is 19.0 Å². The highest BCUT2D eigenvalue weighted by atomic mass is 31.2. The number of hydrogen-bond acceptors (Lipinski definition) is 8. The highest BCUT2D eigenvalue weighted by Gasteiger charge is 2.40. The number of imidazole rings is 1. The summed E-state index contributed by atoms with van der Waals surface area (Å²) in [7, 11) is -3.20. The van der Waals surface area contributed by atoms with Crippen LogP contribution in [-0.2, 0) is 20.6 Å². The Hall–Kier alpha value is -1.78. The summed E-state index contributed by atoms with van der Waals surface area (Å²) < 4.78 is 23.4. The summed E-state index contributed by atoms with van der Waals surface area (Å²) in [5.41, 5.74) is 5.41. The van der Waals surface area contributed by atoms with Crippen molar-refractivity contribution in [3.63, 3.8) is 0 Å². The van der Waals surface area contributed by atoms with Gasteiger partial charge in [-0.25, -0.2) is 4.98 Å². The Kier molecular flexibility index (Phi) is 3.98. The number of nitrogens with zero attached hydrogens (tertiary/aromatic N) is 3. The van der Waals surface area contributed by atoms with Gasteiger partial charge < -0.3 is 34.1 Å². The van der Waals surface area contributed by atoms with Gasteiger partial charge >= 0.3 is 0 Å². The number of H-pyrrole nitrogens is 1. The van der Waals surface area contributed by atoms with E-state index >= 15 is 0 Å². The lowest BCUT2D eigenvalue weighted by atomic mass is 10.2. The van der Waals surface area contributed by atoms with Crippen LogP contribution in [-0.4, -0.2) is 49.6 Å². The maximum absolute atomic E-state index is 11.7. The molecule has 0 amide bonds. The first-order chi connectivity index (χ1) is 10.8. The third-order valence-corrected chi connectivity index (χ3v) is 4.78. The van der Waals surface area contributed by atoms with Crippen molar-refractivity contribution in [1.29, 1.82) is 0 Å². The third kappa shape index (κ3) is 3.01. The van der Waals surface area contributed by atoms with E-state index in [9.17, 15) is 14.3 Å². The fourth-order valence-corrected chi connectivity index (χ4v) is 3.40. The molecule has 1 aliphatic rings. The Morgan fingerprint density at radius 1 is 1.70 bits per heavy atom. The summed E-state index contributed by atoms with van der Waals surface area (Å²) >= 11 is 0. The number of aromatic nitrogens is 4. The monoisotopic (exact) mass is 344 g/mol. The van der Waals surface area contributed by atoms with Crippen LogP contribution in [0.25, 0.3) is 11.2 Å². The Labute approximate surface area is 129 Å². The summed E-state index contributed by atoms with van der Waals surface area (Å²) in [4.78, 5) is 42.4. The van der Waals surface area contributed by atoms with Crippen molar-refractivity contribution in [2.75, 3.05) is 12.8 Å². The number of nitrogens with one attached hydrogen (secondary N) is 1. The van der Waals surface area contributed by atoms with Gasteiger partial charge in [-0.15, -0.1) is 0 Å². The van der Waals surface area contributed by atoms with E-state index in [2.05, 4.69) is 15.0 Å². The molecule has 3 heterocycles. The zero-order chi connectivity index (χ0) is 16.8. The van der Waals surface area contributed by atoms with E-state index in [1.54, 1.807) is 0 Å². The number of ether oxygens (including phenoxy) is 2. The van der Waals surface area contributed by atoms with Gasteiger partial charge in [0.2, 0.25) is 5.95 Å². The van der Waals surface area contributed by atoms with E-state index in [4.69, 9.17) is 20.1 Å². The lowest BCUT2D eigenvalue weighted by Gasteiger charge is -2.23. The summed E-state index contributed by atoms with van der Waals surface area (Å²) in [6.45, 7) is 0.140. The predicted octanol–water partition coefficient (Wildman–Crippen LogP) is -1.62. The van der Waals surface area contributed by atoms with Crippen molar-refractivity contribution in [2.24, 2.45) is 0 Å². The highest BCUT2D eigenvalue weighted by Crippen LogP contribution is 2.45. The molecule has 0 aliphatic carbocycles. The first kappa shape index (κ1) is 16.1. The average Bonchev–Trinajstić information content (AvgIpc) is 3.03. The fourth-order valence-electron chi connectivity index (χ4n) is 2.61. The lowest BCUT2D eigenvalue weighted by molar-refractivity contribution is -0.204. The van der Waals surface area contributed by atoms with Crippen LogP contribution in [0.5, 0.6) is 0 Å². The van der Waals surface area contributed by atoms with Crippen LogP contribution in [0, 0.1) is 0 Å². The molecule has 1 unspecified atom stereocenters. The molecule has 3 rings (SSSR count). The molecule has 1 aliphatic heterocycles. The van der Waals surface area contributed by atoms with Gasteiger partial charge in [0.25, 0.3) is 5.56 Å². The number of fused-ring (bicyclic) bond motifs is 1. The minimum atomic E-state index is -4.62. The quantitative estimate of drug-likeness (QED) is 0.552. The number of aromatic amines is 1. The van der Waals surface area contributed by atoms with E-state index in [0.29, 0.717) is 0 Å². The molecule has 0 bridgehead atoms. The summed E-state index contributed by atoms with van der Waals surface area (Å²) in [6, 6.07) is 0. The second-order valence-corrected chi connectivity index (χ2v) is 6.93. The molecule has 1 saturated heterocycles. The van der Waals surface area contributed by atoms with Crippen LogP contribution in [0.4, 0.5) is 5.95 Å². The fraction of sp³-hybridized carbons (Fsp3) is 0.545. The Morgan fingerprint density at radius 2 is 2.43 bits per heavy atom. The predicted molar refractivity (Wildman–Crippen MR) is 76.5 cm³/mol. The zero-order valence-corrected chi connectivity index (χ0v) is 13.0. The van der Waals surface area contributed by atoms with Gasteiger partial charge in [-0.05, 0) is 0 Å². The maximum Gasteiger partial charge on any atom is 0.280 e. The number of rotatable bonds is 4. The summed E-state index contributed by atoms with van der Waals surface area (Å²) in [5.74, 6) is -1.38. The first-order valence-corrected chi connectivity index (χ1v) is 8.36. The Balaban J connectivity index is 1.90. The van der Waals surface area contributed by atoms with E-state index < -0.39 is 31.2 Å². The first-order valence-electron chi connectivity index (χ1n) is 6.72. The second-order valence-electron chi connectivity index (χ2n) is 5.22. The van der Waals surface area contributed by atoms with Gasteiger partial charge in [0.1, 0.15) is 11.9 Å². The summed E-state index contributed by atoms with van der Waals surface area (Å²) in [5, 5.41) is 0. The molecule has 4 N–H and O–H groups in total. The van der Waals surface area contributed by atoms with Crippen LogP contribution in [0.3, 0.4) is 0 Å². The molecular weight excluding hydrogens is 329 g/mol. The van der Waals surface area contributed by atoms with Crippen molar-refractivity contribution >= 4 is 24.7 Å². The van der Waals surface area contributed by atoms with Crippen LogP contribution < -0.4 is 16.2 Å². The van der Waals surface area contributed by atoms with Crippen molar-refractivity contribution in [3.8, 4) is 0 Å². The highest BCUT2D eigenvalue weighted by molar-refractivity contribution is 7.50. The number of methoxy groups -OCH3 is 1. The number of anilines is 1. The molecule has 126 valence electrons. The number of nitrogens with two attached hydrogens (primary N) is 1. The largest absolute Gasteiger partial charge is 0.777 e. The van der Waals surface area contributed by atoms with Gasteiger partial charge in [-0.1, -0.05) is 0 Å². The average molecular weight is 344 g/mol. The molecule has 12 heteroatoms. The molecule has 2 aromatic rings. The Bertz CT molecular complexity index is 828. The van der Waals surface area contributed by atoms with Gasteiger partial charge in [-0.2, -0.15) is 4.98 Å². The van der Waals surface area contributed by atoms with Crippen molar-refractivity contribution in [3.05, 3.63) is 16.7 Å². The molecule has 23 heavy (non-hydrogen) atoms. The topological polar surface area (TPSA) is 168 Å². The van der Waals surface area contributed by atoms with Crippen LogP contribution in [0.15, 0.2) is 11.1 Å². The van der Waals surface area contributed by atoms with Gasteiger partial charge in [-0.3, -0.25) is 9.78 Å².